The first-order valence-electron chi connectivity index (χ1n) is 19.6. The molecule has 4 aromatic carbocycles. The van der Waals surface area contributed by atoms with Gasteiger partial charge in [0.05, 0.1) is 0 Å². The van der Waals surface area contributed by atoms with Crippen LogP contribution >= 0.6 is 0 Å². The maximum atomic E-state index is 11.6. The van der Waals surface area contributed by atoms with Gasteiger partial charge in [-0.2, -0.15) is 0 Å². The Hall–Kier alpha value is -1.99. The SMILES string of the molecule is CC(C)(C)c1ccc([I+]c2ccc(C(C)(C)C)cc2)cc1.CC(C)(C)c1ccc([I+]c2ccc(C(C)(C)C)cc2)cc1.CC12CCC(CC1=O)C2(C)C. The van der Waals surface area contributed by atoms with E-state index < -0.39 is 0 Å². The molecule has 2 aliphatic carbocycles. The van der Waals surface area contributed by atoms with Gasteiger partial charge in [0.1, 0.15) is 5.78 Å². The molecule has 1 nitrogen and oxygen atoms in total. The second-order valence-electron chi connectivity index (χ2n) is 20.1. The Bertz CT molecular complexity index is 1560. The molecular formula is C50H68I2O+2. The largest absolute Gasteiger partial charge is 0.357 e. The van der Waals surface area contributed by atoms with Crippen LogP contribution in [0.15, 0.2) is 97.1 Å². The third-order valence-corrected chi connectivity index (χ3v) is 17.1. The molecule has 2 bridgehead atoms. The standard InChI is InChI=1S/2C20H26I.C10H16O/c2*1-19(2,3)15-7-11-17(12-8-15)21-18-13-9-16(10-14-18)20(4,5)6;1-9(2)7-4-5-10(9,3)8(11)6-7/h2*7-14H,1-6H3;7H,4-6H2,1-3H3/q2*+1;. The van der Waals surface area contributed by atoms with Gasteiger partial charge in [0.2, 0.25) is 0 Å². The molecule has 0 radical (unpaired) electrons. The highest BCUT2D eigenvalue weighted by Gasteiger charge is 2.61. The van der Waals surface area contributed by atoms with Crippen molar-refractivity contribution >= 4 is 5.78 Å². The van der Waals surface area contributed by atoms with Gasteiger partial charge in [-0.05, 0) is 117 Å². The van der Waals surface area contributed by atoms with Gasteiger partial charge in [-0.25, -0.2) is 0 Å². The van der Waals surface area contributed by atoms with Crippen LogP contribution in [-0.2, 0) is 26.5 Å². The van der Waals surface area contributed by atoms with Gasteiger partial charge < -0.3 is 0 Å². The van der Waals surface area contributed by atoms with Gasteiger partial charge in [0.15, 0.2) is 14.3 Å². The van der Waals surface area contributed by atoms with Gasteiger partial charge >= 0.3 is 42.4 Å². The van der Waals surface area contributed by atoms with Gasteiger partial charge in [-0.15, -0.1) is 0 Å². The molecule has 0 amide bonds. The summed E-state index contributed by atoms with van der Waals surface area (Å²) in [6.07, 6.45) is 3.25. The lowest BCUT2D eigenvalue weighted by Crippen LogP contribution is -3.61. The summed E-state index contributed by atoms with van der Waals surface area (Å²) in [6, 6.07) is 36.8. The Labute approximate surface area is 345 Å². The van der Waals surface area contributed by atoms with Gasteiger partial charge in [0, 0.05) is 11.8 Å². The van der Waals surface area contributed by atoms with E-state index in [4.69, 9.17) is 0 Å². The lowest BCUT2D eigenvalue weighted by molar-refractivity contribution is -0.597. The van der Waals surface area contributed by atoms with Crippen LogP contribution in [-0.4, -0.2) is 5.78 Å². The van der Waals surface area contributed by atoms with Crippen LogP contribution in [0.3, 0.4) is 0 Å². The summed E-state index contributed by atoms with van der Waals surface area (Å²) in [7, 11) is 0. The van der Waals surface area contributed by atoms with Gasteiger partial charge in [-0.1, -0.05) is 152 Å². The molecule has 2 fully saturated rings. The summed E-state index contributed by atoms with van der Waals surface area (Å²) in [5.74, 6) is 1.19. The van der Waals surface area contributed by atoms with Gasteiger partial charge in [0.25, 0.3) is 0 Å². The summed E-state index contributed by atoms with van der Waals surface area (Å²) < 4.78 is 5.96. The van der Waals surface area contributed by atoms with Crippen molar-refractivity contribution in [2.75, 3.05) is 0 Å². The molecule has 53 heavy (non-hydrogen) atoms. The lowest BCUT2D eigenvalue weighted by atomic mass is 9.70. The highest BCUT2D eigenvalue weighted by molar-refractivity contribution is 5.89. The molecule has 2 saturated carbocycles. The second-order valence-corrected chi connectivity index (χ2v) is 26.2. The first-order chi connectivity index (χ1) is 24.3. The van der Waals surface area contributed by atoms with Crippen molar-refractivity contribution in [2.24, 2.45) is 16.7 Å². The molecule has 286 valence electrons. The van der Waals surface area contributed by atoms with E-state index in [2.05, 4.69) is 201 Å². The highest BCUT2D eigenvalue weighted by atomic mass is 127. The molecule has 0 N–H and O–H groups in total. The van der Waals surface area contributed by atoms with Crippen LogP contribution in [0.2, 0.25) is 0 Å². The number of ketones is 1. The second kappa shape index (κ2) is 16.6. The van der Waals surface area contributed by atoms with Crippen LogP contribution < -0.4 is 42.4 Å². The molecule has 0 saturated heterocycles. The Kier molecular flexibility index (Phi) is 13.7. The zero-order valence-corrected chi connectivity index (χ0v) is 39.9. The number of hydrogen-bond acceptors (Lipinski definition) is 1. The summed E-state index contributed by atoms with van der Waals surface area (Å²) in [6.45, 7) is 33.9. The van der Waals surface area contributed by atoms with Crippen molar-refractivity contribution in [1.29, 1.82) is 0 Å². The number of carbonyl (C=O) groups is 1. The monoisotopic (exact) mass is 938 g/mol. The predicted molar refractivity (Wildman–Crippen MR) is 220 cm³/mol. The zero-order valence-electron chi connectivity index (χ0n) is 35.6. The van der Waals surface area contributed by atoms with E-state index in [1.807, 2.05) is 0 Å². The van der Waals surface area contributed by atoms with E-state index in [0.717, 1.165) is 12.8 Å². The normalized spacial score (nSPS) is 19.6. The fraction of sp³-hybridized carbons (Fsp3) is 0.500. The molecule has 0 spiro atoms. The van der Waals surface area contributed by atoms with Crippen molar-refractivity contribution in [2.45, 2.75) is 145 Å². The number of carbonyl (C=O) groups excluding carboxylic acids is 1. The third-order valence-electron chi connectivity index (χ3n) is 11.8. The topological polar surface area (TPSA) is 17.1 Å². The molecule has 2 aliphatic rings. The molecule has 0 heterocycles. The number of hydrogen-bond donors (Lipinski definition) is 0. The van der Waals surface area contributed by atoms with Crippen molar-refractivity contribution in [3.63, 3.8) is 0 Å². The van der Waals surface area contributed by atoms with E-state index in [1.54, 1.807) is 0 Å². The van der Waals surface area contributed by atoms with E-state index in [-0.39, 0.29) is 74.9 Å². The van der Waals surface area contributed by atoms with Crippen molar-refractivity contribution in [1.82, 2.24) is 0 Å². The maximum absolute atomic E-state index is 11.6. The minimum Gasteiger partial charge on any atom is -0.299 e. The zero-order chi connectivity index (χ0) is 39.6. The molecule has 0 aliphatic heterocycles. The summed E-state index contributed by atoms with van der Waals surface area (Å²) in [5.41, 5.74) is 6.93. The Morgan fingerprint density at radius 1 is 0.453 bits per heavy atom. The highest BCUT2D eigenvalue weighted by Crippen LogP contribution is 2.63. The molecule has 4 aromatic rings. The average molecular weight is 939 g/mol. The fourth-order valence-electron chi connectivity index (χ4n) is 7.20. The Morgan fingerprint density at radius 2 is 0.698 bits per heavy atom. The minimum absolute atomic E-state index is 0.0255. The molecule has 2 atom stereocenters. The van der Waals surface area contributed by atoms with Crippen LogP contribution in [0.1, 0.15) is 145 Å². The summed E-state index contributed by atoms with van der Waals surface area (Å²) in [5, 5.41) is 0. The first-order valence-corrected chi connectivity index (χ1v) is 23.9. The number of Topliss-reactive ketones (excluding diaryl/α,β-unsaturated/α-hetero) is 1. The van der Waals surface area contributed by atoms with Gasteiger partial charge in [-0.3, -0.25) is 4.79 Å². The van der Waals surface area contributed by atoms with Crippen LogP contribution in [0.25, 0.3) is 0 Å². The van der Waals surface area contributed by atoms with Crippen molar-refractivity contribution < 1.29 is 47.2 Å². The molecule has 0 aromatic heterocycles. The van der Waals surface area contributed by atoms with E-state index >= 15 is 0 Å². The molecule has 3 heteroatoms. The van der Waals surface area contributed by atoms with Crippen LogP contribution in [0, 0.1) is 31.0 Å². The van der Waals surface area contributed by atoms with E-state index in [9.17, 15) is 4.79 Å². The summed E-state index contributed by atoms with van der Waals surface area (Å²) in [4.78, 5) is 11.6. The van der Waals surface area contributed by atoms with E-state index in [1.165, 1.54) is 43.0 Å². The quantitative estimate of drug-likeness (QED) is 0.198. The Morgan fingerprint density at radius 3 is 0.830 bits per heavy atom. The maximum Gasteiger partial charge on any atom is 0.357 e. The van der Waals surface area contributed by atoms with Crippen molar-refractivity contribution in [3.05, 3.63) is 134 Å². The number of rotatable bonds is 4. The number of halogens is 2. The van der Waals surface area contributed by atoms with Crippen LogP contribution in [0.5, 0.6) is 0 Å². The molecule has 2 unspecified atom stereocenters. The smallest absolute Gasteiger partial charge is 0.299 e. The minimum atomic E-state index is -0.0703. The third kappa shape index (κ3) is 11.3. The predicted octanol–water partition coefficient (Wildman–Crippen LogP) is 7.22. The average Bonchev–Trinajstić information content (AvgIpc) is 3.38. The van der Waals surface area contributed by atoms with Crippen molar-refractivity contribution in [3.8, 4) is 0 Å². The Balaban J connectivity index is 0.000000186. The molecule has 6 rings (SSSR count). The van der Waals surface area contributed by atoms with Crippen LogP contribution in [0.4, 0.5) is 0 Å². The fourth-order valence-corrected chi connectivity index (χ4v) is 11.5. The first kappa shape index (κ1) is 43.7. The number of fused-ring (bicyclic) bond motifs is 2. The number of benzene rings is 4. The summed E-state index contributed by atoms with van der Waals surface area (Å²) >= 11 is -0.141. The lowest BCUT2D eigenvalue weighted by Gasteiger charge is -2.32. The molecular weight excluding hydrogens is 870 g/mol. The van der Waals surface area contributed by atoms with E-state index in [0.29, 0.717) is 11.7 Å².